The molecule has 0 spiro atoms. The van der Waals surface area contributed by atoms with Gasteiger partial charge in [-0.3, -0.25) is 0 Å². The van der Waals surface area contributed by atoms with Gasteiger partial charge in [-0.1, -0.05) is 54.2 Å². The lowest BCUT2D eigenvalue weighted by Crippen LogP contribution is -2.33. The molecule has 0 radical (unpaired) electrons. The number of aliphatic hydroxyl groups is 1. The maximum atomic E-state index is 13.2. The maximum Gasteiger partial charge on any atom is 0.260 e. The van der Waals surface area contributed by atoms with Gasteiger partial charge in [0, 0.05) is 24.7 Å². The normalized spacial score (nSPS) is 18.1. The molecular formula is C22H22FN3O2. The molecule has 0 amide bonds. The standard InChI is InChI=1S/C22H22FN3O2/c1-15(16-9-11-19(23)12-10-16)26-13-5-8-18(14-26)21-24-22(28-25-21)20(27)17-6-3-2-4-7-17/h2-4,6-7,9-12,18,20,27H,1,5,8,13-14H2/t18-,20?/m0/s1. The highest BCUT2D eigenvalue weighted by Gasteiger charge is 2.28. The SMILES string of the molecule is C=C(c1ccc(F)cc1)N1CCC[C@H](c2noc(C(O)c3ccccc3)n2)C1. The smallest absolute Gasteiger partial charge is 0.260 e. The van der Waals surface area contributed by atoms with Gasteiger partial charge in [-0.15, -0.1) is 0 Å². The van der Waals surface area contributed by atoms with Gasteiger partial charge in [0.25, 0.3) is 5.89 Å². The molecule has 5 nitrogen and oxygen atoms in total. The molecule has 1 unspecified atom stereocenters. The number of aliphatic hydroxyl groups excluding tert-OH is 1. The van der Waals surface area contributed by atoms with Crippen LogP contribution >= 0.6 is 0 Å². The fourth-order valence-electron chi connectivity index (χ4n) is 3.56. The highest BCUT2D eigenvalue weighted by atomic mass is 19.1. The van der Waals surface area contributed by atoms with Crippen molar-refractivity contribution in [3.63, 3.8) is 0 Å². The van der Waals surface area contributed by atoms with Crippen molar-refractivity contribution in [1.82, 2.24) is 15.0 Å². The van der Waals surface area contributed by atoms with Gasteiger partial charge in [-0.25, -0.2) is 4.39 Å². The number of likely N-dealkylation sites (tertiary alicyclic amines) is 1. The Morgan fingerprint density at radius 1 is 1.18 bits per heavy atom. The quantitative estimate of drug-likeness (QED) is 0.722. The molecule has 6 heteroatoms. The molecule has 28 heavy (non-hydrogen) atoms. The van der Waals surface area contributed by atoms with Crippen molar-refractivity contribution in [3.8, 4) is 0 Å². The summed E-state index contributed by atoms with van der Waals surface area (Å²) in [4.78, 5) is 6.63. The highest BCUT2D eigenvalue weighted by molar-refractivity contribution is 5.61. The first kappa shape index (κ1) is 18.4. The van der Waals surface area contributed by atoms with E-state index in [1.807, 2.05) is 30.3 Å². The van der Waals surface area contributed by atoms with Crippen LogP contribution in [0, 0.1) is 5.82 Å². The van der Waals surface area contributed by atoms with Gasteiger partial charge < -0.3 is 14.5 Å². The van der Waals surface area contributed by atoms with E-state index in [1.54, 1.807) is 12.1 Å². The summed E-state index contributed by atoms with van der Waals surface area (Å²) in [6.45, 7) is 5.76. The van der Waals surface area contributed by atoms with Gasteiger partial charge in [-0.2, -0.15) is 4.98 Å². The summed E-state index contributed by atoms with van der Waals surface area (Å²) in [5, 5.41) is 14.6. The van der Waals surface area contributed by atoms with Crippen molar-refractivity contribution in [3.05, 3.63) is 89.8 Å². The molecule has 1 aliphatic rings. The van der Waals surface area contributed by atoms with Crippen molar-refractivity contribution in [2.45, 2.75) is 24.9 Å². The Balaban J connectivity index is 1.47. The van der Waals surface area contributed by atoms with E-state index in [1.165, 1.54) is 12.1 Å². The Morgan fingerprint density at radius 3 is 2.68 bits per heavy atom. The zero-order valence-electron chi connectivity index (χ0n) is 15.5. The molecule has 1 N–H and O–H groups in total. The van der Waals surface area contributed by atoms with E-state index in [4.69, 9.17) is 4.52 Å². The minimum atomic E-state index is -0.934. The summed E-state index contributed by atoms with van der Waals surface area (Å²) in [7, 11) is 0. The first-order valence-corrected chi connectivity index (χ1v) is 9.38. The summed E-state index contributed by atoms with van der Waals surface area (Å²) in [6.07, 6.45) is 0.972. The van der Waals surface area contributed by atoms with Crippen LogP contribution in [0.4, 0.5) is 4.39 Å². The number of rotatable bonds is 5. The van der Waals surface area contributed by atoms with Crippen LogP contribution in [0.25, 0.3) is 5.70 Å². The summed E-state index contributed by atoms with van der Waals surface area (Å²) in [5.41, 5.74) is 2.47. The fraction of sp³-hybridized carbons (Fsp3) is 0.273. The lowest BCUT2D eigenvalue weighted by atomic mass is 9.96. The average molecular weight is 379 g/mol. The second kappa shape index (κ2) is 7.94. The molecule has 0 aliphatic carbocycles. The molecule has 1 fully saturated rings. The van der Waals surface area contributed by atoms with Crippen LogP contribution < -0.4 is 0 Å². The van der Waals surface area contributed by atoms with Crippen LogP contribution in [0.15, 0.2) is 65.7 Å². The molecule has 2 aromatic carbocycles. The van der Waals surface area contributed by atoms with Crippen LogP contribution in [-0.2, 0) is 0 Å². The molecule has 2 heterocycles. The average Bonchev–Trinajstić information content (AvgIpc) is 3.24. The van der Waals surface area contributed by atoms with Crippen LogP contribution in [-0.4, -0.2) is 33.2 Å². The van der Waals surface area contributed by atoms with E-state index in [-0.39, 0.29) is 17.6 Å². The van der Waals surface area contributed by atoms with E-state index in [0.717, 1.165) is 30.6 Å². The molecule has 2 atom stereocenters. The molecular weight excluding hydrogens is 357 g/mol. The monoisotopic (exact) mass is 379 g/mol. The number of halogens is 1. The molecule has 1 saturated heterocycles. The minimum Gasteiger partial charge on any atom is -0.378 e. The van der Waals surface area contributed by atoms with Crippen LogP contribution in [0.2, 0.25) is 0 Å². The second-order valence-electron chi connectivity index (χ2n) is 7.04. The van der Waals surface area contributed by atoms with Gasteiger partial charge in [0.2, 0.25) is 0 Å². The third-order valence-corrected chi connectivity index (χ3v) is 5.15. The number of benzene rings is 2. The Hall–Kier alpha value is -2.99. The number of aromatic nitrogens is 2. The van der Waals surface area contributed by atoms with Gasteiger partial charge in [0.1, 0.15) is 5.82 Å². The van der Waals surface area contributed by atoms with Crippen molar-refractivity contribution in [2.75, 3.05) is 13.1 Å². The molecule has 0 bridgehead atoms. The van der Waals surface area contributed by atoms with E-state index in [9.17, 15) is 9.50 Å². The van der Waals surface area contributed by atoms with E-state index >= 15 is 0 Å². The zero-order valence-corrected chi connectivity index (χ0v) is 15.5. The van der Waals surface area contributed by atoms with Gasteiger partial charge in [0.15, 0.2) is 11.9 Å². The predicted octanol–water partition coefficient (Wildman–Crippen LogP) is 4.14. The zero-order chi connectivity index (χ0) is 19.5. The Morgan fingerprint density at radius 2 is 1.93 bits per heavy atom. The summed E-state index contributed by atoms with van der Waals surface area (Å²) in [6, 6.07) is 15.6. The molecule has 4 rings (SSSR count). The van der Waals surface area contributed by atoms with Gasteiger partial charge in [0.05, 0.1) is 0 Å². The lowest BCUT2D eigenvalue weighted by Gasteiger charge is -2.34. The molecule has 1 aromatic heterocycles. The Bertz CT molecular complexity index is 940. The summed E-state index contributed by atoms with van der Waals surface area (Å²) < 4.78 is 18.5. The molecule has 0 saturated carbocycles. The third-order valence-electron chi connectivity index (χ3n) is 5.15. The summed E-state index contributed by atoms with van der Waals surface area (Å²) in [5.74, 6) is 0.632. The van der Waals surface area contributed by atoms with Crippen LogP contribution in [0.3, 0.4) is 0 Å². The van der Waals surface area contributed by atoms with Crippen molar-refractivity contribution in [2.24, 2.45) is 0 Å². The number of hydrogen-bond donors (Lipinski definition) is 1. The number of piperidine rings is 1. The van der Waals surface area contributed by atoms with E-state index in [0.29, 0.717) is 17.9 Å². The van der Waals surface area contributed by atoms with Crippen molar-refractivity contribution < 1.29 is 14.0 Å². The van der Waals surface area contributed by atoms with Crippen molar-refractivity contribution in [1.29, 1.82) is 0 Å². The number of hydrogen-bond acceptors (Lipinski definition) is 5. The van der Waals surface area contributed by atoms with E-state index in [2.05, 4.69) is 21.6 Å². The Kier molecular flexibility index (Phi) is 5.21. The molecule has 144 valence electrons. The topological polar surface area (TPSA) is 62.4 Å². The lowest BCUT2D eigenvalue weighted by molar-refractivity contribution is 0.170. The molecule has 1 aliphatic heterocycles. The summed E-state index contributed by atoms with van der Waals surface area (Å²) >= 11 is 0. The van der Waals surface area contributed by atoms with Crippen LogP contribution in [0.1, 0.15) is 47.7 Å². The minimum absolute atomic E-state index is 0.0893. The predicted molar refractivity (Wildman–Crippen MR) is 104 cm³/mol. The third kappa shape index (κ3) is 3.82. The maximum absolute atomic E-state index is 13.2. The first-order valence-electron chi connectivity index (χ1n) is 9.38. The van der Waals surface area contributed by atoms with Gasteiger partial charge in [-0.05, 0) is 36.1 Å². The second-order valence-corrected chi connectivity index (χ2v) is 7.04. The van der Waals surface area contributed by atoms with E-state index < -0.39 is 6.10 Å². The molecule has 3 aromatic rings. The largest absolute Gasteiger partial charge is 0.378 e. The fourth-order valence-corrected chi connectivity index (χ4v) is 3.56. The van der Waals surface area contributed by atoms with Crippen molar-refractivity contribution >= 4 is 5.70 Å². The number of nitrogens with zero attached hydrogens (tertiary/aromatic N) is 3. The Labute approximate surface area is 163 Å². The van der Waals surface area contributed by atoms with Crippen LogP contribution in [0.5, 0.6) is 0 Å². The van der Waals surface area contributed by atoms with Gasteiger partial charge >= 0.3 is 0 Å². The first-order chi connectivity index (χ1) is 13.6. The highest BCUT2D eigenvalue weighted by Crippen LogP contribution is 2.31.